The number of fused-ring (bicyclic) bond motifs is 2. The summed E-state index contributed by atoms with van der Waals surface area (Å²) < 4.78 is 14.4. The number of hydrogen-bond donors (Lipinski definition) is 0. The maximum atomic E-state index is 13.4. The van der Waals surface area contributed by atoms with Gasteiger partial charge in [-0.05, 0) is 58.8 Å². The maximum absolute atomic E-state index is 13.4. The lowest BCUT2D eigenvalue weighted by molar-refractivity contribution is 0.355. The molecule has 0 fully saturated rings. The Labute approximate surface area is 250 Å². The van der Waals surface area contributed by atoms with E-state index in [2.05, 4.69) is 40.4 Å². The first-order valence-electron chi connectivity index (χ1n) is 13.6. The molecular formula is C34H25N5O3S. The summed E-state index contributed by atoms with van der Waals surface area (Å²) in [6.07, 6.45) is 7.46. The van der Waals surface area contributed by atoms with Crippen LogP contribution >= 0.6 is 11.3 Å². The second-order valence-electron chi connectivity index (χ2n) is 9.80. The molecule has 0 spiro atoms. The molecule has 3 heterocycles. The Kier molecular flexibility index (Phi) is 6.76. The first-order chi connectivity index (χ1) is 21.1. The average Bonchev–Trinajstić information content (AvgIpc) is 3.74. The highest BCUT2D eigenvalue weighted by atomic mass is 32.1. The number of aromatic nitrogens is 5. The molecule has 9 heteroatoms. The molecule has 0 saturated heterocycles. The highest BCUT2D eigenvalue weighted by Crippen LogP contribution is 2.29. The van der Waals surface area contributed by atoms with E-state index in [1.807, 2.05) is 83.7 Å². The standard InChI is InChI=1S/C34H25N5O3S/c1-41-28-16-12-22(18-29(28)42-2)13-17-31-35-34-39(36-31)33(40)30(43-34)20-26-21-38(27-10-4-3-5-11-27)37-32(26)25-15-14-23-8-6-7-9-24(23)19-25/h3-21H,1-2H3/b17-13+,30-20-. The summed E-state index contributed by atoms with van der Waals surface area (Å²) >= 11 is 1.30. The first-order valence-corrected chi connectivity index (χ1v) is 14.4. The van der Waals surface area contributed by atoms with Crippen molar-refractivity contribution < 1.29 is 9.47 Å². The molecule has 0 radical (unpaired) electrons. The van der Waals surface area contributed by atoms with Crippen molar-refractivity contribution in [3.05, 3.63) is 129 Å². The Bertz CT molecular complexity index is 2250. The van der Waals surface area contributed by atoms with E-state index < -0.39 is 0 Å². The Morgan fingerprint density at radius 3 is 2.37 bits per heavy atom. The molecule has 0 aliphatic rings. The van der Waals surface area contributed by atoms with E-state index in [1.165, 1.54) is 15.9 Å². The second-order valence-corrected chi connectivity index (χ2v) is 10.8. The molecule has 7 aromatic rings. The van der Waals surface area contributed by atoms with Gasteiger partial charge in [-0.1, -0.05) is 78.1 Å². The fraction of sp³-hybridized carbons (Fsp3) is 0.0588. The van der Waals surface area contributed by atoms with Gasteiger partial charge in [0.15, 0.2) is 17.3 Å². The van der Waals surface area contributed by atoms with Gasteiger partial charge in [0, 0.05) is 17.3 Å². The van der Waals surface area contributed by atoms with Gasteiger partial charge < -0.3 is 9.47 Å². The number of methoxy groups -OCH3 is 2. The van der Waals surface area contributed by atoms with E-state index in [0.29, 0.717) is 26.8 Å². The minimum atomic E-state index is -0.227. The van der Waals surface area contributed by atoms with Crippen LogP contribution in [0.1, 0.15) is 17.0 Å². The topological polar surface area (TPSA) is 83.5 Å². The fourth-order valence-corrected chi connectivity index (χ4v) is 5.86. The number of hydrogen-bond acceptors (Lipinski definition) is 7. The van der Waals surface area contributed by atoms with Gasteiger partial charge in [-0.3, -0.25) is 4.79 Å². The van der Waals surface area contributed by atoms with Crippen LogP contribution in [0.3, 0.4) is 0 Å². The van der Waals surface area contributed by atoms with E-state index in [4.69, 9.17) is 14.6 Å². The highest BCUT2D eigenvalue weighted by molar-refractivity contribution is 7.15. The van der Waals surface area contributed by atoms with Gasteiger partial charge in [0.1, 0.15) is 5.69 Å². The molecule has 8 nitrogen and oxygen atoms in total. The number of nitrogens with zero attached hydrogens (tertiary/aromatic N) is 5. The maximum Gasteiger partial charge on any atom is 0.291 e. The Morgan fingerprint density at radius 1 is 0.791 bits per heavy atom. The summed E-state index contributed by atoms with van der Waals surface area (Å²) in [4.78, 5) is 18.5. The smallest absolute Gasteiger partial charge is 0.291 e. The van der Waals surface area contributed by atoms with Gasteiger partial charge in [-0.2, -0.15) is 14.6 Å². The average molecular weight is 584 g/mol. The molecule has 4 aromatic carbocycles. The lowest BCUT2D eigenvalue weighted by Gasteiger charge is -2.07. The molecule has 0 N–H and O–H groups in total. The molecule has 3 aromatic heterocycles. The largest absolute Gasteiger partial charge is 0.493 e. The van der Waals surface area contributed by atoms with E-state index in [-0.39, 0.29) is 5.56 Å². The molecular weight excluding hydrogens is 558 g/mol. The molecule has 0 atom stereocenters. The Hall–Kier alpha value is -5.54. The van der Waals surface area contributed by atoms with E-state index in [1.54, 1.807) is 20.3 Å². The first kappa shape index (κ1) is 26.4. The van der Waals surface area contributed by atoms with E-state index in [9.17, 15) is 4.79 Å². The zero-order valence-electron chi connectivity index (χ0n) is 23.3. The van der Waals surface area contributed by atoms with Crippen LogP contribution in [0.5, 0.6) is 11.5 Å². The van der Waals surface area contributed by atoms with Crippen molar-refractivity contribution in [1.29, 1.82) is 0 Å². The summed E-state index contributed by atoms with van der Waals surface area (Å²) in [5.74, 6) is 1.72. The third-order valence-corrected chi connectivity index (χ3v) is 8.06. The van der Waals surface area contributed by atoms with Gasteiger partial charge in [0.05, 0.1) is 24.4 Å². The molecule has 0 unspecified atom stereocenters. The molecule has 43 heavy (non-hydrogen) atoms. The van der Waals surface area contributed by atoms with Crippen LogP contribution in [0.25, 0.3) is 50.9 Å². The molecule has 0 saturated carbocycles. The minimum Gasteiger partial charge on any atom is -0.493 e. The molecule has 210 valence electrons. The van der Waals surface area contributed by atoms with Gasteiger partial charge in [-0.25, -0.2) is 4.68 Å². The van der Waals surface area contributed by atoms with Crippen LogP contribution in [-0.4, -0.2) is 38.6 Å². The fourth-order valence-electron chi connectivity index (χ4n) is 4.95. The van der Waals surface area contributed by atoms with Crippen LogP contribution in [0.2, 0.25) is 0 Å². The van der Waals surface area contributed by atoms with Gasteiger partial charge >= 0.3 is 0 Å². The summed E-state index contributed by atoms with van der Waals surface area (Å²) in [5.41, 5.74) is 4.18. The van der Waals surface area contributed by atoms with Crippen molar-refractivity contribution in [3.8, 4) is 28.4 Å². The zero-order valence-corrected chi connectivity index (χ0v) is 24.2. The lowest BCUT2D eigenvalue weighted by Crippen LogP contribution is -2.23. The molecule has 0 aliphatic carbocycles. The van der Waals surface area contributed by atoms with E-state index >= 15 is 0 Å². The molecule has 0 amide bonds. The van der Waals surface area contributed by atoms with Crippen LogP contribution in [0, 0.1) is 0 Å². The van der Waals surface area contributed by atoms with Crippen molar-refractivity contribution in [1.82, 2.24) is 24.4 Å². The number of benzene rings is 4. The summed E-state index contributed by atoms with van der Waals surface area (Å²) in [6, 6.07) is 30.0. The predicted molar refractivity (Wildman–Crippen MR) is 171 cm³/mol. The third-order valence-electron chi connectivity index (χ3n) is 7.10. The number of thiazole rings is 1. The summed E-state index contributed by atoms with van der Waals surface area (Å²) in [6.45, 7) is 0. The van der Waals surface area contributed by atoms with Crippen LogP contribution in [-0.2, 0) is 0 Å². The molecule has 7 rings (SSSR count). The number of para-hydroxylation sites is 1. The van der Waals surface area contributed by atoms with Crippen molar-refractivity contribution in [3.63, 3.8) is 0 Å². The second kappa shape index (κ2) is 11.0. The van der Waals surface area contributed by atoms with Crippen molar-refractivity contribution in [2.24, 2.45) is 0 Å². The predicted octanol–water partition coefficient (Wildman–Crippen LogP) is 5.89. The zero-order chi connectivity index (χ0) is 29.3. The number of rotatable bonds is 7. The van der Waals surface area contributed by atoms with Gasteiger partial charge in [0.25, 0.3) is 5.56 Å². The monoisotopic (exact) mass is 583 g/mol. The molecule has 0 bridgehead atoms. The summed E-state index contributed by atoms with van der Waals surface area (Å²) in [7, 11) is 3.19. The third kappa shape index (κ3) is 5.06. The molecule has 0 aliphatic heterocycles. The van der Waals surface area contributed by atoms with Crippen LogP contribution in [0.15, 0.2) is 102 Å². The lowest BCUT2D eigenvalue weighted by atomic mass is 10.0. The van der Waals surface area contributed by atoms with Crippen LogP contribution in [0.4, 0.5) is 0 Å². The van der Waals surface area contributed by atoms with Gasteiger partial charge in [-0.15, -0.1) is 5.10 Å². The van der Waals surface area contributed by atoms with E-state index in [0.717, 1.165) is 38.8 Å². The Morgan fingerprint density at radius 2 is 1.58 bits per heavy atom. The van der Waals surface area contributed by atoms with Crippen molar-refractivity contribution >= 4 is 45.3 Å². The van der Waals surface area contributed by atoms with Crippen LogP contribution < -0.4 is 19.6 Å². The quantitative estimate of drug-likeness (QED) is 0.233. The van der Waals surface area contributed by atoms with Gasteiger partial charge in [0.2, 0.25) is 4.96 Å². The Balaban J connectivity index is 1.27. The highest BCUT2D eigenvalue weighted by Gasteiger charge is 2.14. The SMILES string of the molecule is COc1ccc(/C=C/c2nc3s/c(=C\c4cn(-c5ccccc5)nc4-c4ccc5ccccc5c4)c(=O)n3n2)cc1OC. The summed E-state index contributed by atoms with van der Waals surface area (Å²) in [5, 5.41) is 11.7. The normalized spacial score (nSPS) is 12.1. The van der Waals surface area contributed by atoms with Crippen molar-refractivity contribution in [2.75, 3.05) is 14.2 Å². The van der Waals surface area contributed by atoms with Crippen molar-refractivity contribution in [2.45, 2.75) is 0 Å². The minimum absolute atomic E-state index is 0.227. The number of ether oxygens (including phenoxy) is 2.